The molecule has 1 amide bonds. The van der Waals surface area contributed by atoms with Crippen LogP contribution in [0.1, 0.15) is 35.0 Å². The van der Waals surface area contributed by atoms with Gasteiger partial charge in [0.25, 0.3) is 0 Å². The fourth-order valence-electron chi connectivity index (χ4n) is 3.04. The van der Waals surface area contributed by atoms with Crippen LogP contribution >= 0.6 is 11.6 Å². The summed E-state index contributed by atoms with van der Waals surface area (Å²) in [6, 6.07) is 17.7. The largest absolute Gasteiger partial charge is 0.345 e. The molecule has 0 spiro atoms. The van der Waals surface area contributed by atoms with E-state index in [1.54, 1.807) is 18.1 Å². The summed E-state index contributed by atoms with van der Waals surface area (Å²) >= 11 is 6.42. The van der Waals surface area contributed by atoms with E-state index in [1.807, 2.05) is 61.5 Å². The van der Waals surface area contributed by atoms with Crippen LogP contribution in [-0.2, 0) is 11.3 Å². The number of halogens is 1. The summed E-state index contributed by atoms with van der Waals surface area (Å²) in [6.45, 7) is 2.40. The van der Waals surface area contributed by atoms with Gasteiger partial charge < -0.3 is 9.88 Å². The Bertz CT molecular complexity index is 876. The average Bonchev–Trinajstić information content (AvgIpc) is 3.05. The average molecular weight is 368 g/mol. The lowest BCUT2D eigenvalue weighted by Crippen LogP contribution is -2.28. The number of aromatic nitrogens is 2. The molecule has 2 aromatic carbocycles. The Morgan fingerprint density at radius 1 is 1.15 bits per heavy atom. The number of nitrogens with zero attached hydrogens (tertiary/aromatic N) is 2. The van der Waals surface area contributed by atoms with E-state index in [0.29, 0.717) is 18.0 Å². The molecule has 0 radical (unpaired) electrons. The molecule has 1 heterocycles. The Morgan fingerprint density at radius 3 is 2.50 bits per heavy atom. The van der Waals surface area contributed by atoms with Gasteiger partial charge in [-0.25, -0.2) is 4.98 Å². The SMILES string of the molecule is Cc1cnc(CN(C)C(=O)C[C@@H](c2ccccc2)c2ccccc2Cl)[nH]1. The van der Waals surface area contributed by atoms with E-state index in [1.165, 1.54) is 0 Å². The molecule has 0 bridgehead atoms. The number of aryl methyl sites for hydroxylation is 1. The fourth-order valence-corrected chi connectivity index (χ4v) is 3.31. The number of rotatable bonds is 6. The highest BCUT2D eigenvalue weighted by molar-refractivity contribution is 6.31. The third-order valence-corrected chi connectivity index (χ3v) is 4.77. The quantitative estimate of drug-likeness (QED) is 0.694. The molecular formula is C21H22ClN3O. The molecule has 3 rings (SSSR count). The maximum Gasteiger partial charge on any atom is 0.223 e. The van der Waals surface area contributed by atoms with E-state index in [0.717, 1.165) is 22.6 Å². The lowest BCUT2D eigenvalue weighted by Gasteiger charge is -2.22. The molecule has 0 saturated carbocycles. The molecule has 0 aliphatic heterocycles. The topological polar surface area (TPSA) is 49.0 Å². The van der Waals surface area contributed by atoms with Crippen LogP contribution in [0.5, 0.6) is 0 Å². The summed E-state index contributed by atoms with van der Waals surface area (Å²) in [4.78, 5) is 22.0. The highest BCUT2D eigenvalue weighted by atomic mass is 35.5. The zero-order valence-corrected chi connectivity index (χ0v) is 15.7. The van der Waals surface area contributed by atoms with Crippen molar-refractivity contribution < 1.29 is 4.79 Å². The van der Waals surface area contributed by atoms with E-state index in [-0.39, 0.29) is 11.8 Å². The second-order valence-corrected chi connectivity index (χ2v) is 6.86. The molecule has 134 valence electrons. The van der Waals surface area contributed by atoms with E-state index >= 15 is 0 Å². The molecule has 3 aromatic rings. The van der Waals surface area contributed by atoms with Crippen molar-refractivity contribution in [3.8, 4) is 0 Å². The maximum absolute atomic E-state index is 12.9. The standard InChI is InChI=1S/C21H22ClN3O/c1-15-13-23-20(24-15)14-25(2)21(26)12-18(16-8-4-3-5-9-16)17-10-6-7-11-19(17)22/h3-11,13,18H,12,14H2,1-2H3,(H,23,24)/t18-/m0/s1. The van der Waals surface area contributed by atoms with Gasteiger partial charge in [0.15, 0.2) is 0 Å². The number of hydrogen-bond acceptors (Lipinski definition) is 2. The van der Waals surface area contributed by atoms with Crippen molar-refractivity contribution in [3.05, 3.63) is 88.5 Å². The summed E-state index contributed by atoms with van der Waals surface area (Å²) in [5.41, 5.74) is 3.03. The van der Waals surface area contributed by atoms with Crippen molar-refractivity contribution in [1.29, 1.82) is 0 Å². The van der Waals surface area contributed by atoms with Gasteiger partial charge in [0.05, 0.1) is 6.54 Å². The van der Waals surface area contributed by atoms with Crippen molar-refractivity contribution in [2.75, 3.05) is 7.05 Å². The molecule has 1 atom stereocenters. The fraction of sp³-hybridized carbons (Fsp3) is 0.238. The van der Waals surface area contributed by atoms with Gasteiger partial charge in [-0.3, -0.25) is 4.79 Å². The first-order chi connectivity index (χ1) is 12.5. The summed E-state index contributed by atoms with van der Waals surface area (Å²) in [5.74, 6) is 0.748. The number of carbonyl (C=O) groups excluding carboxylic acids is 1. The molecule has 0 aliphatic rings. The summed E-state index contributed by atoms with van der Waals surface area (Å²) in [5, 5.41) is 0.679. The van der Waals surface area contributed by atoms with Crippen LogP contribution in [0.4, 0.5) is 0 Å². The monoisotopic (exact) mass is 367 g/mol. The Labute approximate surface area is 158 Å². The zero-order valence-electron chi connectivity index (χ0n) is 14.9. The highest BCUT2D eigenvalue weighted by Gasteiger charge is 2.22. The number of imidazole rings is 1. The van der Waals surface area contributed by atoms with E-state index in [2.05, 4.69) is 9.97 Å². The molecule has 4 nitrogen and oxygen atoms in total. The molecular weight excluding hydrogens is 346 g/mol. The van der Waals surface area contributed by atoms with Crippen LogP contribution in [0, 0.1) is 6.92 Å². The van der Waals surface area contributed by atoms with Gasteiger partial charge in [0.1, 0.15) is 5.82 Å². The Balaban J connectivity index is 1.81. The second kappa shape index (κ2) is 8.19. The second-order valence-electron chi connectivity index (χ2n) is 6.45. The highest BCUT2D eigenvalue weighted by Crippen LogP contribution is 2.33. The van der Waals surface area contributed by atoms with E-state index in [4.69, 9.17) is 11.6 Å². The lowest BCUT2D eigenvalue weighted by atomic mass is 9.88. The van der Waals surface area contributed by atoms with Gasteiger partial charge in [0.2, 0.25) is 5.91 Å². The first-order valence-corrected chi connectivity index (χ1v) is 8.96. The van der Waals surface area contributed by atoms with Crippen LogP contribution in [0.3, 0.4) is 0 Å². The molecule has 1 N–H and O–H groups in total. The van der Waals surface area contributed by atoms with Crippen molar-refractivity contribution >= 4 is 17.5 Å². The van der Waals surface area contributed by atoms with Gasteiger partial charge >= 0.3 is 0 Å². The van der Waals surface area contributed by atoms with Crippen molar-refractivity contribution in [2.24, 2.45) is 0 Å². The predicted molar refractivity (Wildman–Crippen MR) is 104 cm³/mol. The lowest BCUT2D eigenvalue weighted by molar-refractivity contribution is -0.130. The van der Waals surface area contributed by atoms with Crippen molar-refractivity contribution in [2.45, 2.75) is 25.8 Å². The minimum Gasteiger partial charge on any atom is -0.345 e. The summed E-state index contributed by atoms with van der Waals surface area (Å²) < 4.78 is 0. The van der Waals surface area contributed by atoms with Crippen molar-refractivity contribution in [1.82, 2.24) is 14.9 Å². The number of benzene rings is 2. The van der Waals surface area contributed by atoms with Crippen molar-refractivity contribution in [3.63, 3.8) is 0 Å². The predicted octanol–water partition coefficient (Wildman–Crippen LogP) is 4.55. The molecule has 5 heteroatoms. The van der Waals surface area contributed by atoms with Gasteiger partial charge in [-0.05, 0) is 24.1 Å². The Morgan fingerprint density at radius 2 is 1.85 bits per heavy atom. The molecule has 0 fully saturated rings. The minimum atomic E-state index is -0.0850. The molecule has 0 unspecified atom stereocenters. The number of carbonyl (C=O) groups is 1. The van der Waals surface area contributed by atoms with Gasteiger partial charge in [-0.15, -0.1) is 0 Å². The molecule has 0 aliphatic carbocycles. The number of aromatic amines is 1. The van der Waals surface area contributed by atoms with E-state index in [9.17, 15) is 4.79 Å². The van der Waals surface area contributed by atoms with Crippen LogP contribution in [0.2, 0.25) is 5.02 Å². The number of nitrogens with one attached hydrogen (secondary N) is 1. The molecule has 1 aromatic heterocycles. The number of amides is 1. The summed E-state index contributed by atoms with van der Waals surface area (Å²) in [7, 11) is 1.80. The number of H-pyrrole nitrogens is 1. The third kappa shape index (κ3) is 4.33. The summed E-state index contributed by atoms with van der Waals surface area (Å²) in [6.07, 6.45) is 2.12. The maximum atomic E-state index is 12.9. The third-order valence-electron chi connectivity index (χ3n) is 4.43. The first kappa shape index (κ1) is 18.2. The Kier molecular flexibility index (Phi) is 5.74. The smallest absolute Gasteiger partial charge is 0.223 e. The minimum absolute atomic E-state index is 0.0489. The van der Waals surface area contributed by atoms with Gasteiger partial charge in [-0.2, -0.15) is 0 Å². The van der Waals surface area contributed by atoms with Crippen LogP contribution < -0.4 is 0 Å². The van der Waals surface area contributed by atoms with Crippen LogP contribution in [0.15, 0.2) is 60.8 Å². The van der Waals surface area contributed by atoms with Crippen LogP contribution in [-0.4, -0.2) is 27.8 Å². The van der Waals surface area contributed by atoms with Gasteiger partial charge in [-0.1, -0.05) is 60.1 Å². The normalized spacial score (nSPS) is 12.0. The number of hydrogen-bond donors (Lipinski definition) is 1. The first-order valence-electron chi connectivity index (χ1n) is 8.58. The molecule has 26 heavy (non-hydrogen) atoms. The van der Waals surface area contributed by atoms with E-state index < -0.39 is 0 Å². The Hall–Kier alpha value is -2.59. The zero-order chi connectivity index (χ0) is 18.5. The van der Waals surface area contributed by atoms with Crippen LogP contribution in [0.25, 0.3) is 0 Å². The molecule has 0 saturated heterocycles. The van der Waals surface area contributed by atoms with Gasteiger partial charge in [0, 0.05) is 36.3 Å².